The highest BCUT2D eigenvalue weighted by Crippen LogP contribution is 2.53. The molecule has 76 valence electrons. The predicted octanol–water partition coefficient (Wildman–Crippen LogP) is 3.57. The third-order valence-corrected chi connectivity index (χ3v) is 6.40. The molecule has 0 aromatic rings. The Morgan fingerprint density at radius 3 is 2.08 bits per heavy atom. The molecule has 0 saturated carbocycles. The second-order valence-electron chi connectivity index (χ2n) is 4.21. The predicted molar refractivity (Wildman–Crippen MR) is 63.6 cm³/mol. The summed E-state index contributed by atoms with van der Waals surface area (Å²) in [5.74, 6) is 0. The van der Waals surface area contributed by atoms with Crippen molar-refractivity contribution in [1.29, 1.82) is 0 Å². The summed E-state index contributed by atoms with van der Waals surface area (Å²) in [6, 6.07) is 0. The molecular formula is C9H21BrOS. The highest BCUT2D eigenvalue weighted by molar-refractivity contribution is 9.09. The van der Waals surface area contributed by atoms with Crippen molar-refractivity contribution in [2.24, 2.45) is 0 Å². The fraction of sp³-hybridized carbons (Fsp3) is 1.00. The number of hydrogen-bond acceptors (Lipinski definition) is 1. The molecule has 0 heterocycles. The zero-order chi connectivity index (χ0) is 9.83. The molecule has 0 aliphatic rings. The second-order valence-corrected chi connectivity index (χ2v) is 8.93. The lowest BCUT2D eigenvalue weighted by Crippen LogP contribution is -2.25. The topological polar surface area (TPSA) is 9.23 Å². The van der Waals surface area contributed by atoms with Gasteiger partial charge in [-0.2, -0.15) is 0 Å². The van der Waals surface area contributed by atoms with Crippen LogP contribution in [0.3, 0.4) is 0 Å². The molecule has 0 aliphatic carbocycles. The SMILES string of the molecule is CC(C)(C)S(C)(C)OCCCBr. The normalized spacial score (nSPS) is 14.8. The van der Waals surface area contributed by atoms with Crippen molar-refractivity contribution in [3.63, 3.8) is 0 Å². The average Bonchev–Trinajstić information content (AvgIpc) is 1.85. The van der Waals surface area contributed by atoms with Crippen molar-refractivity contribution in [3.8, 4) is 0 Å². The molecule has 0 spiro atoms. The molecule has 0 bridgehead atoms. The van der Waals surface area contributed by atoms with Crippen molar-refractivity contribution in [2.75, 3.05) is 24.4 Å². The second kappa shape index (κ2) is 4.87. The van der Waals surface area contributed by atoms with Crippen LogP contribution < -0.4 is 0 Å². The van der Waals surface area contributed by atoms with Gasteiger partial charge in [0.25, 0.3) is 0 Å². The summed E-state index contributed by atoms with van der Waals surface area (Å²) in [4.78, 5) is 0. The largest absolute Gasteiger partial charge is 0.337 e. The van der Waals surface area contributed by atoms with Gasteiger partial charge >= 0.3 is 0 Å². The van der Waals surface area contributed by atoms with Crippen molar-refractivity contribution in [2.45, 2.75) is 31.9 Å². The Balaban J connectivity index is 3.88. The molecule has 12 heavy (non-hydrogen) atoms. The summed E-state index contributed by atoms with van der Waals surface area (Å²) in [6.45, 7) is 7.62. The first-order chi connectivity index (χ1) is 5.31. The number of halogens is 1. The molecule has 0 atom stereocenters. The van der Waals surface area contributed by atoms with Crippen LogP contribution >= 0.6 is 26.2 Å². The first kappa shape index (κ1) is 12.8. The maximum Gasteiger partial charge on any atom is 0.0600 e. The van der Waals surface area contributed by atoms with Crippen molar-refractivity contribution in [3.05, 3.63) is 0 Å². The third kappa shape index (κ3) is 4.15. The van der Waals surface area contributed by atoms with E-state index in [4.69, 9.17) is 4.18 Å². The molecule has 1 nitrogen and oxygen atoms in total. The monoisotopic (exact) mass is 256 g/mol. The Morgan fingerprint density at radius 1 is 1.25 bits per heavy atom. The van der Waals surface area contributed by atoms with Crippen LogP contribution in [0.5, 0.6) is 0 Å². The highest BCUT2D eigenvalue weighted by Gasteiger charge is 2.28. The lowest BCUT2D eigenvalue weighted by Gasteiger charge is -2.43. The summed E-state index contributed by atoms with van der Waals surface area (Å²) in [5, 5.41) is 1.03. The van der Waals surface area contributed by atoms with Crippen LogP contribution in [0, 0.1) is 0 Å². The lowest BCUT2D eigenvalue weighted by molar-refractivity contribution is 0.351. The van der Waals surface area contributed by atoms with Gasteiger partial charge in [-0.3, -0.25) is 0 Å². The summed E-state index contributed by atoms with van der Waals surface area (Å²) in [6.07, 6.45) is 5.58. The Hall–Kier alpha value is 0.790. The van der Waals surface area contributed by atoms with Crippen LogP contribution in [-0.4, -0.2) is 29.2 Å². The van der Waals surface area contributed by atoms with E-state index in [1.54, 1.807) is 0 Å². The van der Waals surface area contributed by atoms with Crippen LogP contribution in [0.4, 0.5) is 0 Å². The van der Waals surface area contributed by atoms with Gasteiger partial charge < -0.3 is 4.18 Å². The minimum atomic E-state index is -0.891. The molecule has 0 rings (SSSR count). The number of alkyl halides is 1. The van der Waals surface area contributed by atoms with E-state index >= 15 is 0 Å². The van der Waals surface area contributed by atoms with Gasteiger partial charge in [-0.1, -0.05) is 36.7 Å². The van der Waals surface area contributed by atoms with Gasteiger partial charge in [-0.15, -0.1) is 10.3 Å². The summed E-state index contributed by atoms with van der Waals surface area (Å²) in [5.41, 5.74) is 0. The fourth-order valence-corrected chi connectivity index (χ4v) is 1.62. The van der Waals surface area contributed by atoms with Crippen molar-refractivity contribution in [1.82, 2.24) is 0 Å². The van der Waals surface area contributed by atoms with E-state index in [1.807, 2.05) is 0 Å². The van der Waals surface area contributed by atoms with E-state index in [-0.39, 0.29) is 0 Å². The van der Waals surface area contributed by atoms with Crippen molar-refractivity contribution >= 4 is 26.2 Å². The van der Waals surface area contributed by atoms with E-state index in [9.17, 15) is 0 Å². The molecule has 0 radical (unpaired) electrons. The molecule has 0 N–H and O–H groups in total. The quantitative estimate of drug-likeness (QED) is 0.552. The molecule has 0 aromatic carbocycles. The summed E-state index contributed by atoms with van der Waals surface area (Å²) < 4.78 is 6.18. The zero-order valence-electron chi connectivity index (χ0n) is 8.82. The molecule has 0 aromatic heterocycles. The molecule has 0 aliphatic heterocycles. The lowest BCUT2D eigenvalue weighted by atomic mass is 10.3. The van der Waals surface area contributed by atoms with Gasteiger partial charge in [0, 0.05) is 10.1 Å². The molecular weight excluding hydrogens is 236 g/mol. The summed E-state index contributed by atoms with van der Waals surface area (Å²) in [7, 11) is -0.891. The fourth-order valence-electron chi connectivity index (χ4n) is 0.499. The van der Waals surface area contributed by atoms with E-state index in [0.717, 1.165) is 18.4 Å². The Bertz CT molecular complexity index is 129. The first-order valence-corrected chi connectivity index (χ1v) is 7.74. The average molecular weight is 257 g/mol. The minimum absolute atomic E-state index is 0.291. The van der Waals surface area contributed by atoms with Crippen molar-refractivity contribution < 1.29 is 4.18 Å². The van der Waals surface area contributed by atoms with Gasteiger partial charge in [0.15, 0.2) is 0 Å². The van der Waals surface area contributed by atoms with Gasteiger partial charge in [-0.05, 0) is 18.9 Å². The standard InChI is InChI=1S/C9H21BrOS/c1-9(2,3)12(4,5)11-8-6-7-10/h6-8H2,1-5H3. The van der Waals surface area contributed by atoms with Gasteiger partial charge in [0.1, 0.15) is 0 Å². The first-order valence-electron chi connectivity index (χ1n) is 4.24. The minimum Gasteiger partial charge on any atom is -0.337 e. The van der Waals surface area contributed by atoms with Crippen LogP contribution in [0.2, 0.25) is 0 Å². The summed E-state index contributed by atoms with van der Waals surface area (Å²) >= 11 is 3.40. The Morgan fingerprint density at radius 2 is 1.75 bits per heavy atom. The maximum absolute atomic E-state index is 5.89. The van der Waals surface area contributed by atoms with Gasteiger partial charge in [0.05, 0.1) is 6.61 Å². The molecule has 0 saturated heterocycles. The molecule has 3 heteroatoms. The molecule has 0 amide bonds. The number of hydrogen-bond donors (Lipinski definition) is 0. The van der Waals surface area contributed by atoms with Crippen LogP contribution in [0.15, 0.2) is 0 Å². The highest BCUT2D eigenvalue weighted by atomic mass is 79.9. The molecule has 0 fully saturated rings. The van der Waals surface area contributed by atoms with E-state index < -0.39 is 10.3 Å². The number of rotatable bonds is 4. The van der Waals surface area contributed by atoms with Crippen LogP contribution in [0.25, 0.3) is 0 Å². The van der Waals surface area contributed by atoms with E-state index in [0.29, 0.717) is 4.75 Å². The van der Waals surface area contributed by atoms with E-state index in [1.165, 1.54) is 0 Å². The smallest absolute Gasteiger partial charge is 0.0600 e. The van der Waals surface area contributed by atoms with Gasteiger partial charge in [0.2, 0.25) is 0 Å². The Labute approximate surface area is 86.9 Å². The van der Waals surface area contributed by atoms with Crippen LogP contribution in [0.1, 0.15) is 27.2 Å². The van der Waals surface area contributed by atoms with Gasteiger partial charge in [-0.25, -0.2) is 0 Å². The van der Waals surface area contributed by atoms with E-state index in [2.05, 4.69) is 49.2 Å². The van der Waals surface area contributed by atoms with Crippen LogP contribution in [-0.2, 0) is 4.18 Å². The molecule has 0 unspecified atom stereocenters. The maximum atomic E-state index is 5.89. The third-order valence-electron chi connectivity index (χ3n) is 2.13. The zero-order valence-corrected chi connectivity index (χ0v) is 11.2. The Kier molecular flexibility index (Phi) is 5.19.